The van der Waals surface area contributed by atoms with Crippen molar-refractivity contribution in [3.05, 3.63) is 53.5 Å². The smallest absolute Gasteiger partial charge is 0.287 e. The van der Waals surface area contributed by atoms with Crippen LogP contribution in [-0.4, -0.2) is 49.7 Å². The topological polar surface area (TPSA) is 109 Å². The van der Waals surface area contributed by atoms with Crippen LogP contribution in [0, 0.1) is 6.92 Å². The van der Waals surface area contributed by atoms with Crippen LogP contribution in [0.5, 0.6) is 0 Å². The van der Waals surface area contributed by atoms with Crippen molar-refractivity contribution in [1.29, 1.82) is 0 Å². The Morgan fingerprint density at radius 2 is 1.84 bits per heavy atom. The Hall–Kier alpha value is -2.65. The highest BCUT2D eigenvalue weighted by Crippen LogP contribution is 2.26. The van der Waals surface area contributed by atoms with Gasteiger partial charge in [0.15, 0.2) is 5.76 Å². The summed E-state index contributed by atoms with van der Waals surface area (Å²) in [5, 5.41) is 5.65. The standard InChI is InChI=1S/C22H27N3O5S/c1-15-20(31(28,29)25-11-5-6-12-25)14-19(30-15)22(27)24-18(21(26)23-17-9-10-17)13-16-7-3-2-4-8-16/h2-4,7-8,14,17-18H,5-6,9-13H2,1H3,(H,23,26)(H,24,27). The molecule has 1 unspecified atom stereocenters. The number of carbonyl (C=O) groups is 2. The molecule has 31 heavy (non-hydrogen) atoms. The van der Waals surface area contributed by atoms with Gasteiger partial charge in [-0.3, -0.25) is 9.59 Å². The van der Waals surface area contributed by atoms with Crippen LogP contribution < -0.4 is 10.6 Å². The summed E-state index contributed by atoms with van der Waals surface area (Å²) in [6.45, 7) is 2.46. The minimum Gasteiger partial charge on any atom is -0.455 e. The molecule has 0 bridgehead atoms. The Balaban J connectivity index is 1.52. The molecule has 2 aromatic rings. The summed E-state index contributed by atoms with van der Waals surface area (Å²) in [6.07, 6.45) is 3.84. The lowest BCUT2D eigenvalue weighted by atomic mass is 10.0. The molecular weight excluding hydrogens is 418 g/mol. The number of carbonyl (C=O) groups excluding carboxylic acids is 2. The highest BCUT2D eigenvalue weighted by atomic mass is 32.2. The van der Waals surface area contributed by atoms with Crippen LogP contribution >= 0.6 is 0 Å². The molecule has 1 atom stereocenters. The van der Waals surface area contributed by atoms with Gasteiger partial charge in [0.25, 0.3) is 5.91 Å². The molecule has 9 heteroatoms. The highest BCUT2D eigenvalue weighted by Gasteiger charge is 2.33. The molecule has 0 spiro atoms. The fraction of sp³-hybridized carbons (Fsp3) is 0.455. The number of furan rings is 1. The minimum absolute atomic E-state index is 0.00147. The second-order valence-electron chi connectivity index (χ2n) is 8.14. The zero-order chi connectivity index (χ0) is 22.0. The molecular formula is C22H27N3O5S. The predicted molar refractivity (Wildman–Crippen MR) is 114 cm³/mol. The van der Waals surface area contributed by atoms with Gasteiger partial charge in [0, 0.05) is 31.6 Å². The zero-order valence-corrected chi connectivity index (χ0v) is 18.3. The van der Waals surface area contributed by atoms with E-state index in [0.29, 0.717) is 19.5 Å². The Bertz CT molecular complexity index is 1050. The molecule has 8 nitrogen and oxygen atoms in total. The first-order chi connectivity index (χ1) is 14.8. The first-order valence-corrected chi connectivity index (χ1v) is 12.0. The van der Waals surface area contributed by atoms with Crippen LogP contribution in [0.15, 0.2) is 45.7 Å². The second kappa shape index (κ2) is 8.84. The van der Waals surface area contributed by atoms with E-state index < -0.39 is 22.0 Å². The van der Waals surface area contributed by atoms with Crippen molar-refractivity contribution in [3.8, 4) is 0 Å². The molecule has 166 valence electrons. The average molecular weight is 446 g/mol. The van der Waals surface area contributed by atoms with E-state index in [1.165, 1.54) is 17.3 Å². The molecule has 1 aliphatic heterocycles. The second-order valence-corrected chi connectivity index (χ2v) is 10.0. The summed E-state index contributed by atoms with van der Waals surface area (Å²) in [5.74, 6) is -0.822. The van der Waals surface area contributed by atoms with Gasteiger partial charge < -0.3 is 15.1 Å². The monoisotopic (exact) mass is 445 g/mol. The molecule has 1 aliphatic carbocycles. The number of aryl methyl sites for hydroxylation is 1. The normalized spacial score (nSPS) is 18.0. The molecule has 1 aromatic carbocycles. The number of amides is 2. The van der Waals surface area contributed by atoms with Crippen LogP contribution in [0.4, 0.5) is 0 Å². The van der Waals surface area contributed by atoms with Crippen molar-refractivity contribution in [3.63, 3.8) is 0 Å². The average Bonchev–Trinajstić information content (AvgIpc) is 3.22. The third kappa shape index (κ3) is 4.99. The molecule has 2 heterocycles. The lowest BCUT2D eigenvalue weighted by Gasteiger charge is -2.18. The lowest BCUT2D eigenvalue weighted by Crippen LogP contribution is -2.48. The van der Waals surface area contributed by atoms with Gasteiger partial charge in [-0.15, -0.1) is 0 Å². The third-order valence-electron chi connectivity index (χ3n) is 5.61. The van der Waals surface area contributed by atoms with Crippen molar-refractivity contribution in [2.45, 2.75) is 56.0 Å². The van der Waals surface area contributed by atoms with Gasteiger partial charge in [-0.05, 0) is 38.2 Å². The number of hydrogen-bond donors (Lipinski definition) is 2. The maximum absolute atomic E-state index is 12.9. The molecule has 2 N–H and O–H groups in total. The summed E-state index contributed by atoms with van der Waals surface area (Å²) in [5.41, 5.74) is 0.909. The molecule has 1 saturated heterocycles. The summed E-state index contributed by atoms with van der Waals surface area (Å²) in [7, 11) is -3.70. The third-order valence-corrected chi connectivity index (χ3v) is 7.61. The van der Waals surface area contributed by atoms with E-state index in [2.05, 4.69) is 10.6 Å². The maximum Gasteiger partial charge on any atom is 0.287 e. The van der Waals surface area contributed by atoms with Gasteiger partial charge in [-0.2, -0.15) is 4.31 Å². The Morgan fingerprint density at radius 1 is 1.16 bits per heavy atom. The summed E-state index contributed by atoms with van der Waals surface area (Å²) < 4.78 is 32.6. The Kier molecular flexibility index (Phi) is 6.15. The highest BCUT2D eigenvalue weighted by molar-refractivity contribution is 7.89. The largest absolute Gasteiger partial charge is 0.455 e. The van der Waals surface area contributed by atoms with Crippen molar-refractivity contribution in [2.75, 3.05) is 13.1 Å². The Morgan fingerprint density at radius 3 is 2.48 bits per heavy atom. The summed E-state index contributed by atoms with van der Waals surface area (Å²) >= 11 is 0. The molecule has 1 saturated carbocycles. The zero-order valence-electron chi connectivity index (χ0n) is 17.5. The number of nitrogens with zero attached hydrogens (tertiary/aromatic N) is 1. The van der Waals surface area contributed by atoms with Gasteiger partial charge in [0.2, 0.25) is 15.9 Å². The van der Waals surface area contributed by atoms with Crippen LogP contribution in [-0.2, 0) is 21.2 Å². The molecule has 1 aromatic heterocycles. The molecule has 2 aliphatic rings. The fourth-order valence-electron chi connectivity index (χ4n) is 3.72. The number of benzene rings is 1. The van der Waals surface area contributed by atoms with E-state index in [-0.39, 0.29) is 28.4 Å². The van der Waals surface area contributed by atoms with Crippen LogP contribution in [0.1, 0.15) is 47.6 Å². The van der Waals surface area contributed by atoms with Crippen molar-refractivity contribution in [1.82, 2.24) is 14.9 Å². The fourth-order valence-corrected chi connectivity index (χ4v) is 5.40. The molecule has 2 amide bonds. The van der Waals surface area contributed by atoms with Crippen LogP contribution in [0.25, 0.3) is 0 Å². The van der Waals surface area contributed by atoms with E-state index in [0.717, 1.165) is 31.2 Å². The van der Waals surface area contributed by atoms with Crippen molar-refractivity contribution in [2.24, 2.45) is 0 Å². The quantitative estimate of drug-likeness (QED) is 0.646. The molecule has 2 fully saturated rings. The predicted octanol–water partition coefficient (Wildman–Crippen LogP) is 1.99. The van der Waals surface area contributed by atoms with Gasteiger partial charge in [-0.1, -0.05) is 30.3 Å². The van der Waals surface area contributed by atoms with Gasteiger partial charge in [0.1, 0.15) is 16.7 Å². The first kappa shape index (κ1) is 21.6. The molecule has 4 rings (SSSR count). The first-order valence-electron chi connectivity index (χ1n) is 10.6. The lowest BCUT2D eigenvalue weighted by molar-refractivity contribution is -0.123. The number of sulfonamides is 1. The molecule has 0 radical (unpaired) electrons. The minimum atomic E-state index is -3.70. The Labute approximate surface area is 182 Å². The van der Waals surface area contributed by atoms with Crippen molar-refractivity contribution >= 4 is 21.8 Å². The SMILES string of the molecule is Cc1oc(C(=O)NC(Cc2ccccc2)C(=O)NC2CC2)cc1S(=O)(=O)N1CCCC1. The number of hydrogen-bond acceptors (Lipinski definition) is 5. The van der Waals surface area contributed by atoms with E-state index in [1.54, 1.807) is 0 Å². The maximum atomic E-state index is 12.9. The summed E-state index contributed by atoms with van der Waals surface area (Å²) in [4.78, 5) is 25.6. The van der Waals surface area contributed by atoms with E-state index in [4.69, 9.17) is 4.42 Å². The summed E-state index contributed by atoms with van der Waals surface area (Å²) in [6, 6.07) is 10.0. The number of nitrogens with one attached hydrogen (secondary N) is 2. The van der Waals surface area contributed by atoms with E-state index in [9.17, 15) is 18.0 Å². The van der Waals surface area contributed by atoms with Gasteiger partial charge >= 0.3 is 0 Å². The van der Waals surface area contributed by atoms with E-state index in [1.807, 2.05) is 30.3 Å². The van der Waals surface area contributed by atoms with E-state index >= 15 is 0 Å². The van der Waals surface area contributed by atoms with Gasteiger partial charge in [0.05, 0.1) is 0 Å². The number of rotatable bonds is 8. The van der Waals surface area contributed by atoms with Gasteiger partial charge in [-0.25, -0.2) is 8.42 Å². The van der Waals surface area contributed by atoms with Crippen molar-refractivity contribution < 1.29 is 22.4 Å². The van der Waals surface area contributed by atoms with Crippen LogP contribution in [0.2, 0.25) is 0 Å². The van der Waals surface area contributed by atoms with Crippen LogP contribution in [0.3, 0.4) is 0 Å².